The van der Waals surface area contributed by atoms with Gasteiger partial charge in [-0.25, -0.2) is 0 Å². The number of aliphatic carboxylic acids is 1. The fourth-order valence-corrected chi connectivity index (χ4v) is 2.18. The first-order valence-corrected chi connectivity index (χ1v) is 5.78. The number of hydrogen-bond donors (Lipinski definition) is 2. The Hall–Kier alpha value is -1.86. The van der Waals surface area contributed by atoms with E-state index in [0.29, 0.717) is 12.8 Å². The maximum atomic E-state index is 12.3. The summed E-state index contributed by atoms with van der Waals surface area (Å²) in [6.07, 6.45) is -2.55. The molecule has 1 aliphatic carbocycles. The number of rotatable bonds is 3. The molecular weight excluding hydrogens is 263 g/mol. The molecule has 0 aromatic carbocycles. The molecular formula is C11H12F3N3O2. The lowest BCUT2D eigenvalue weighted by Gasteiger charge is -2.17. The monoisotopic (exact) mass is 275 g/mol. The van der Waals surface area contributed by atoms with Gasteiger partial charge in [0.25, 0.3) is 0 Å². The summed E-state index contributed by atoms with van der Waals surface area (Å²) in [5.41, 5.74) is -1.07. The number of carbonyl (C=O) groups is 1. The van der Waals surface area contributed by atoms with E-state index in [4.69, 9.17) is 5.11 Å². The number of aromatic nitrogens is 2. The van der Waals surface area contributed by atoms with Gasteiger partial charge >= 0.3 is 12.1 Å². The maximum absolute atomic E-state index is 12.3. The molecule has 1 heterocycles. The van der Waals surface area contributed by atoms with Crippen molar-refractivity contribution in [3.63, 3.8) is 0 Å². The van der Waals surface area contributed by atoms with Crippen molar-refractivity contribution in [3.05, 3.63) is 17.8 Å². The summed E-state index contributed by atoms with van der Waals surface area (Å²) in [6, 6.07) is 1.66. The Morgan fingerprint density at radius 3 is 2.58 bits per heavy atom. The van der Waals surface area contributed by atoms with Gasteiger partial charge < -0.3 is 10.4 Å². The van der Waals surface area contributed by atoms with Gasteiger partial charge in [-0.2, -0.15) is 13.2 Å². The molecule has 0 amide bonds. The van der Waals surface area contributed by atoms with Gasteiger partial charge in [0.15, 0.2) is 5.69 Å². The highest BCUT2D eigenvalue weighted by Gasteiger charge is 2.34. The number of anilines is 1. The second-order valence-electron chi connectivity index (χ2n) is 4.43. The molecule has 2 rings (SSSR count). The third kappa shape index (κ3) is 3.12. The average Bonchev–Trinajstić information content (AvgIpc) is 2.77. The average molecular weight is 275 g/mol. The van der Waals surface area contributed by atoms with Crippen LogP contribution in [0.15, 0.2) is 12.1 Å². The predicted octanol–water partition coefficient (Wildman–Crippen LogP) is 2.16. The Bertz CT molecular complexity index is 461. The van der Waals surface area contributed by atoms with E-state index in [1.807, 2.05) is 0 Å². The summed E-state index contributed by atoms with van der Waals surface area (Å²) in [7, 11) is 0. The zero-order valence-corrected chi connectivity index (χ0v) is 9.81. The van der Waals surface area contributed by atoms with Gasteiger partial charge in [-0.05, 0) is 25.0 Å². The molecule has 0 saturated heterocycles. The smallest absolute Gasteiger partial charge is 0.435 e. The van der Waals surface area contributed by atoms with E-state index in [0.717, 1.165) is 18.6 Å². The van der Waals surface area contributed by atoms with Gasteiger partial charge in [-0.15, -0.1) is 10.2 Å². The summed E-state index contributed by atoms with van der Waals surface area (Å²) < 4.78 is 36.9. The topological polar surface area (TPSA) is 75.1 Å². The van der Waals surface area contributed by atoms with Crippen molar-refractivity contribution in [1.29, 1.82) is 0 Å². The van der Waals surface area contributed by atoms with Gasteiger partial charge in [0.05, 0.1) is 5.92 Å². The van der Waals surface area contributed by atoms with E-state index in [2.05, 4.69) is 15.5 Å². The van der Waals surface area contributed by atoms with Crippen molar-refractivity contribution >= 4 is 11.8 Å². The SMILES string of the molecule is O=C(O)C1CCCC1Nc1ccc(C(F)(F)F)nn1. The van der Waals surface area contributed by atoms with Crippen LogP contribution in [-0.2, 0) is 11.0 Å². The quantitative estimate of drug-likeness (QED) is 0.884. The van der Waals surface area contributed by atoms with Crippen LogP contribution in [0.3, 0.4) is 0 Å². The van der Waals surface area contributed by atoms with Crippen LogP contribution >= 0.6 is 0 Å². The molecule has 104 valence electrons. The Morgan fingerprint density at radius 2 is 2.05 bits per heavy atom. The van der Waals surface area contributed by atoms with Crippen molar-refractivity contribution in [2.75, 3.05) is 5.32 Å². The molecule has 1 aliphatic rings. The minimum Gasteiger partial charge on any atom is -0.481 e. The second kappa shape index (κ2) is 5.02. The summed E-state index contributed by atoms with van der Waals surface area (Å²) in [4.78, 5) is 11.0. The van der Waals surface area contributed by atoms with Crippen LogP contribution < -0.4 is 5.32 Å². The Morgan fingerprint density at radius 1 is 1.32 bits per heavy atom. The highest BCUT2D eigenvalue weighted by Crippen LogP contribution is 2.30. The first-order chi connectivity index (χ1) is 8.88. The van der Waals surface area contributed by atoms with Crippen molar-refractivity contribution in [3.8, 4) is 0 Å². The van der Waals surface area contributed by atoms with Crippen LogP contribution in [0.5, 0.6) is 0 Å². The molecule has 1 aromatic heterocycles. The fourth-order valence-electron chi connectivity index (χ4n) is 2.18. The lowest BCUT2D eigenvalue weighted by molar-refractivity contribution is -0.142. The molecule has 5 nitrogen and oxygen atoms in total. The highest BCUT2D eigenvalue weighted by molar-refractivity contribution is 5.72. The summed E-state index contributed by atoms with van der Waals surface area (Å²) in [5, 5.41) is 18.3. The van der Waals surface area contributed by atoms with Gasteiger partial charge in [0.1, 0.15) is 5.82 Å². The number of nitrogens with zero attached hydrogens (tertiary/aromatic N) is 2. The van der Waals surface area contributed by atoms with Crippen molar-refractivity contribution < 1.29 is 23.1 Å². The molecule has 1 saturated carbocycles. The third-order valence-corrected chi connectivity index (χ3v) is 3.12. The maximum Gasteiger partial charge on any atom is 0.435 e. The lowest BCUT2D eigenvalue weighted by Crippen LogP contribution is -2.30. The van der Waals surface area contributed by atoms with E-state index >= 15 is 0 Å². The van der Waals surface area contributed by atoms with Gasteiger partial charge in [-0.3, -0.25) is 4.79 Å². The van der Waals surface area contributed by atoms with Crippen molar-refractivity contribution in [2.45, 2.75) is 31.5 Å². The number of hydrogen-bond acceptors (Lipinski definition) is 4. The zero-order chi connectivity index (χ0) is 14.0. The molecule has 2 N–H and O–H groups in total. The van der Waals surface area contributed by atoms with Gasteiger partial charge in [0.2, 0.25) is 0 Å². The number of nitrogens with one attached hydrogen (secondary N) is 1. The predicted molar refractivity (Wildman–Crippen MR) is 59.4 cm³/mol. The van der Waals surface area contributed by atoms with Crippen LogP contribution in [0.4, 0.5) is 19.0 Å². The number of alkyl halides is 3. The molecule has 1 aromatic rings. The normalized spacial score (nSPS) is 23.3. The largest absolute Gasteiger partial charge is 0.481 e. The summed E-state index contributed by atoms with van der Waals surface area (Å²) >= 11 is 0. The Labute approximate surface area is 106 Å². The van der Waals surface area contributed by atoms with Crippen LogP contribution in [0.25, 0.3) is 0 Å². The second-order valence-corrected chi connectivity index (χ2v) is 4.43. The van der Waals surface area contributed by atoms with Crippen LogP contribution in [-0.4, -0.2) is 27.3 Å². The molecule has 0 bridgehead atoms. The molecule has 0 aliphatic heterocycles. The first-order valence-electron chi connectivity index (χ1n) is 5.78. The van der Waals surface area contributed by atoms with Gasteiger partial charge in [0, 0.05) is 6.04 Å². The number of carboxylic acids is 1. The van der Waals surface area contributed by atoms with E-state index < -0.39 is 23.8 Å². The number of carboxylic acid groups (broad SMARTS) is 1. The van der Waals surface area contributed by atoms with Gasteiger partial charge in [-0.1, -0.05) is 6.42 Å². The molecule has 2 atom stereocenters. The molecule has 2 unspecified atom stereocenters. The van der Waals surface area contributed by atoms with E-state index in [-0.39, 0.29) is 11.9 Å². The zero-order valence-electron chi connectivity index (χ0n) is 9.81. The summed E-state index contributed by atoms with van der Waals surface area (Å²) in [5.74, 6) is -1.29. The first kappa shape index (κ1) is 13.6. The molecule has 8 heteroatoms. The van der Waals surface area contributed by atoms with Crippen LogP contribution in [0.2, 0.25) is 0 Å². The standard InChI is InChI=1S/C11H12F3N3O2/c12-11(13,14)8-4-5-9(17-16-8)15-7-3-1-2-6(7)10(18)19/h4-7H,1-3H2,(H,15,17)(H,18,19). The molecule has 1 fully saturated rings. The minimum atomic E-state index is -4.53. The van der Waals surface area contributed by atoms with E-state index in [9.17, 15) is 18.0 Å². The lowest BCUT2D eigenvalue weighted by atomic mass is 10.0. The molecule has 0 radical (unpaired) electrons. The van der Waals surface area contributed by atoms with E-state index in [1.165, 1.54) is 0 Å². The Kier molecular flexibility index (Phi) is 3.59. The molecule has 19 heavy (non-hydrogen) atoms. The third-order valence-electron chi connectivity index (χ3n) is 3.12. The fraction of sp³-hybridized carbons (Fsp3) is 0.545. The van der Waals surface area contributed by atoms with Crippen LogP contribution in [0.1, 0.15) is 25.0 Å². The molecule has 0 spiro atoms. The van der Waals surface area contributed by atoms with Crippen molar-refractivity contribution in [2.24, 2.45) is 5.92 Å². The summed E-state index contributed by atoms with van der Waals surface area (Å²) in [6.45, 7) is 0. The Balaban J connectivity index is 2.06. The minimum absolute atomic E-state index is 0.158. The van der Waals surface area contributed by atoms with Crippen molar-refractivity contribution in [1.82, 2.24) is 10.2 Å². The highest BCUT2D eigenvalue weighted by atomic mass is 19.4. The number of halogens is 3. The van der Waals surface area contributed by atoms with E-state index in [1.54, 1.807) is 0 Å². The van der Waals surface area contributed by atoms with Crippen LogP contribution in [0, 0.1) is 5.92 Å².